The number of carbonyl (C=O) groups excluding carboxylic acids is 1. The topological polar surface area (TPSA) is 55.3 Å². The molecular formula is C23H15F6N3O2S. The van der Waals surface area contributed by atoms with Crippen LogP contribution in [0.2, 0.25) is 0 Å². The molecule has 0 atom stereocenters. The van der Waals surface area contributed by atoms with E-state index >= 15 is 0 Å². The number of halogens is 6. The summed E-state index contributed by atoms with van der Waals surface area (Å²) in [4.78, 5) is 23.0. The van der Waals surface area contributed by atoms with Crippen molar-refractivity contribution >= 4 is 32.6 Å². The molecule has 0 radical (unpaired) electrons. The number of ether oxygens (including phenoxy) is 1. The van der Waals surface area contributed by atoms with E-state index in [1.54, 1.807) is 36.4 Å². The Labute approximate surface area is 198 Å². The number of methoxy groups -OCH3 is 1. The number of fused-ring (bicyclic) bond motifs is 1. The molecule has 0 bridgehead atoms. The lowest BCUT2D eigenvalue weighted by molar-refractivity contribution is -0.143. The van der Waals surface area contributed by atoms with Gasteiger partial charge in [0.1, 0.15) is 11.3 Å². The largest absolute Gasteiger partial charge is 0.494 e. The van der Waals surface area contributed by atoms with Crippen molar-refractivity contribution in [1.82, 2.24) is 9.97 Å². The fraction of sp³-hybridized carbons (Fsp3) is 0.174. The lowest BCUT2D eigenvalue weighted by Gasteiger charge is -2.21. The van der Waals surface area contributed by atoms with E-state index < -0.39 is 35.0 Å². The summed E-state index contributed by atoms with van der Waals surface area (Å²) < 4.78 is 86.1. The molecule has 2 aromatic heterocycles. The summed E-state index contributed by atoms with van der Waals surface area (Å²) in [6, 6.07) is 10.6. The van der Waals surface area contributed by atoms with E-state index in [0.29, 0.717) is 33.8 Å². The van der Waals surface area contributed by atoms with Crippen LogP contribution in [0.1, 0.15) is 27.2 Å². The fourth-order valence-corrected chi connectivity index (χ4v) is 4.29. The van der Waals surface area contributed by atoms with Crippen molar-refractivity contribution in [3.05, 3.63) is 83.2 Å². The summed E-state index contributed by atoms with van der Waals surface area (Å²) in [5.41, 5.74) is -3.20. The Morgan fingerprint density at radius 3 is 2.23 bits per heavy atom. The molecule has 0 aliphatic carbocycles. The van der Waals surface area contributed by atoms with E-state index in [1.165, 1.54) is 13.3 Å². The molecule has 1 amide bonds. The van der Waals surface area contributed by atoms with Gasteiger partial charge in [0, 0.05) is 11.8 Å². The first-order valence-corrected chi connectivity index (χ1v) is 10.7. The molecular weight excluding hydrogens is 496 g/mol. The van der Waals surface area contributed by atoms with Crippen LogP contribution in [0.25, 0.3) is 10.2 Å². The average Bonchev–Trinajstić information content (AvgIpc) is 3.25. The number of nitrogens with zero attached hydrogens (tertiary/aromatic N) is 3. The fourth-order valence-electron chi connectivity index (χ4n) is 3.31. The van der Waals surface area contributed by atoms with Gasteiger partial charge in [-0.3, -0.25) is 14.7 Å². The second kappa shape index (κ2) is 9.17. The number of anilines is 1. The van der Waals surface area contributed by atoms with Gasteiger partial charge >= 0.3 is 12.4 Å². The van der Waals surface area contributed by atoms with Gasteiger partial charge in [-0.25, -0.2) is 4.98 Å². The van der Waals surface area contributed by atoms with E-state index in [9.17, 15) is 31.1 Å². The highest BCUT2D eigenvalue weighted by atomic mass is 32.1. The molecule has 0 spiro atoms. The number of alkyl halides is 6. The van der Waals surface area contributed by atoms with E-state index in [4.69, 9.17) is 4.74 Å². The smallest absolute Gasteiger partial charge is 0.416 e. The van der Waals surface area contributed by atoms with Crippen LogP contribution in [0.15, 0.2) is 60.8 Å². The lowest BCUT2D eigenvalue weighted by Crippen LogP contribution is -2.31. The second-order valence-electron chi connectivity index (χ2n) is 7.31. The molecule has 0 unspecified atom stereocenters. The molecule has 2 heterocycles. The van der Waals surface area contributed by atoms with Gasteiger partial charge in [-0.2, -0.15) is 26.3 Å². The zero-order valence-corrected chi connectivity index (χ0v) is 18.6. The van der Waals surface area contributed by atoms with Gasteiger partial charge in [-0.05, 0) is 42.5 Å². The first-order chi connectivity index (χ1) is 16.5. The normalized spacial score (nSPS) is 12.1. The predicted molar refractivity (Wildman–Crippen MR) is 117 cm³/mol. The van der Waals surface area contributed by atoms with Crippen molar-refractivity contribution in [2.45, 2.75) is 18.9 Å². The minimum atomic E-state index is -5.09. The average molecular weight is 511 g/mol. The van der Waals surface area contributed by atoms with Crippen molar-refractivity contribution in [3.8, 4) is 5.75 Å². The summed E-state index contributed by atoms with van der Waals surface area (Å²) in [7, 11) is 1.42. The predicted octanol–water partition coefficient (Wildman–Crippen LogP) is 6.58. The molecule has 0 saturated heterocycles. The number of hydrogen-bond acceptors (Lipinski definition) is 5. The van der Waals surface area contributed by atoms with E-state index in [0.717, 1.165) is 16.2 Å². The molecule has 0 saturated carbocycles. The molecule has 2 aromatic carbocycles. The second-order valence-corrected chi connectivity index (χ2v) is 8.32. The molecule has 5 nitrogen and oxygen atoms in total. The van der Waals surface area contributed by atoms with Crippen LogP contribution < -0.4 is 9.64 Å². The first-order valence-electron chi connectivity index (χ1n) is 9.92. The molecule has 182 valence electrons. The zero-order valence-electron chi connectivity index (χ0n) is 17.8. The third-order valence-electron chi connectivity index (χ3n) is 4.95. The Morgan fingerprint density at radius 1 is 0.971 bits per heavy atom. The van der Waals surface area contributed by atoms with Crippen molar-refractivity contribution < 1.29 is 35.9 Å². The summed E-state index contributed by atoms with van der Waals surface area (Å²) >= 11 is 1.04. The number of amides is 1. The Bertz CT molecular complexity index is 1340. The highest BCUT2D eigenvalue weighted by molar-refractivity contribution is 7.22. The van der Waals surface area contributed by atoms with E-state index in [-0.39, 0.29) is 17.7 Å². The maximum Gasteiger partial charge on any atom is 0.416 e. The van der Waals surface area contributed by atoms with Crippen molar-refractivity contribution in [2.24, 2.45) is 0 Å². The molecule has 35 heavy (non-hydrogen) atoms. The molecule has 0 aliphatic heterocycles. The monoisotopic (exact) mass is 511 g/mol. The highest BCUT2D eigenvalue weighted by Crippen LogP contribution is 2.38. The summed E-state index contributed by atoms with van der Waals surface area (Å²) in [5, 5.41) is 0.0612. The van der Waals surface area contributed by atoms with Crippen LogP contribution in [0.3, 0.4) is 0 Å². The van der Waals surface area contributed by atoms with Gasteiger partial charge in [-0.1, -0.05) is 23.5 Å². The minimum Gasteiger partial charge on any atom is -0.494 e. The maximum absolute atomic E-state index is 13.4. The SMILES string of the molecule is COc1cccc2sc(N(Cc3ccccn3)C(=O)c3cc(C(F)(F)F)cc(C(F)(F)F)c3)nc12. The van der Waals surface area contributed by atoms with E-state index in [2.05, 4.69) is 9.97 Å². The number of aromatic nitrogens is 2. The number of rotatable bonds is 5. The van der Waals surface area contributed by atoms with Gasteiger partial charge in [0.05, 0.1) is 35.2 Å². The standard InChI is InChI=1S/C23H15F6N3O2S/c1-34-17-6-4-7-18-19(17)31-21(35-18)32(12-16-5-2-3-8-30-16)20(33)13-9-14(22(24,25)26)11-15(10-13)23(27,28)29/h2-11H,12H2,1H3. The minimum absolute atomic E-state index is 0.0254. The van der Waals surface area contributed by atoms with Crippen LogP contribution in [-0.4, -0.2) is 23.0 Å². The number of carbonyl (C=O) groups is 1. The Kier molecular flexibility index (Phi) is 6.41. The number of pyridine rings is 1. The molecule has 0 aliphatic rings. The Balaban J connectivity index is 1.86. The third-order valence-corrected chi connectivity index (χ3v) is 5.99. The molecule has 0 fully saturated rings. The highest BCUT2D eigenvalue weighted by Gasteiger charge is 2.38. The van der Waals surface area contributed by atoms with Gasteiger partial charge in [0.15, 0.2) is 5.13 Å². The number of thiazole rings is 1. The molecule has 0 N–H and O–H groups in total. The van der Waals surface area contributed by atoms with Crippen LogP contribution in [0.4, 0.5) is 31.5 Å². The zero-order chi connectivity index (χ0) is 25.4. The lowest BCUT2D eigenvalue weighted by atomic mass is 10.0. The number of hydrogen-bond donors (Lipinski definition) is 0. The molecule has 12 heteroatoms. The Morgan fingerprint density at radius 2 is 1.66 bits per heavy atom. The van der Waals surface area contributed by atoms with Crippen LogP contribution in [-0.2, 0) is 18.9 Å². The van der Waals surface area contributed by atoms with E-state index in [1.807, 2.05) is 0 Å². The Hall–Kier alpha value is -3.67. The van der Waals surface area contributed by atoms with Gasteiger partial charge < -0.3 is 4.74 Å². The molecule has 4 aromatic rings. The maximum atomic E-state index is 13.4. The van der Waals surface area contributed by atoms with Gasteiger partial charge in [0.2, 0.25) is 0 Å². The van der Waals surface area contributed by atoms with Crippen LogP contribution in [0, 0.1) is 0 Å². The van der Waals surface area contributed by atoms with Crippen LogP contribution in [0.5, 0.6) is 5.75 Å². The van der Waals surface area contributed by atoms with Crippen molar-refractivity contribution in [2.75, 3.05) is 12.0 Å². The van der Waals surface area contributed by atoms with Crippen molar-refractivity contribution in [3.63, 3.8) is 0 Å². The summed E-state index contributed by atoms with van der Waals surface area (Å²) in [5.74, 6) is -0.695. The van der Waals surface area contributed by atoms with Crippen LogP contribution >= 0.6 is 11.3 Å². The molecule has 4 rings (SSSR count). The summed E-state index contributed by atoms with van der Waals surface area (Å²) in [6.07, 6.45) is -8.73. The first kappa shape index (κ1) is 24.5. The summed E-state index contributed by atoms with van der Waals surface area (Å²) in [6.45, 7) is -0.237. The van der Waals surface area contributed by atoms with Crippen molar-refractivity contribution in [1.29, 1.82) is 0 Å². The third kappa shape index (κ3) is 5.21. The number of para-hydroxylation sites is 1. The van der Waals surface area contributed by atoms with Gasteiger partial charge in [-0.15, -0.1) is 0 Å². The quantitative estimate of drug-likeness (QED) is 0.284. The van der Waals surface area contributed by atoms with Gasteiger partial charge in [0.25, 0.3) is 5.91 Å². The number of benzene rings is 2.